The number of hydrogen-bond donors (Lipinski definition) is 0. The average molecular weight is 373 g/mol. The molecule has 1 atom stereocenters. The van der Waals surface area contributed by atoms with Crippen molar-refractivity contribution in [2.45, 2.75) is 83.3 Å². The Balaban J connectivity index is 3.16. The van der Waals surface area contributed by atoms with Crippen molar-refractivity contribution in [1.82, 2.24) is 0 Å². The third kappa shape index (κ3) is 18.7. The van der Waals surface area contributed by atoms with E-state index in [-0.39, 0.29) is 6.47 Å². The summed E-state index contributed by atoms with van der Waals surface area (Å²) in [6, 6.07) is 0. The van der Waals surface area contributed by atoms with Gasteiger partial charge in [-0.3, -0.25) is 9.59 Å². The first-order valence-electron chi connectivity index (χ1n) is 9.60. The highest BCUT2D eigenvalue weighted by atomic mass is 16.7. The fourth-order valence-corrected chi connectivity index (χ4v) is 2.56. The molecular weight excluding hydrogens is 340 g/mol. The zero-order chi connectivity index (χ0) is 19.1. The lowest BCUT2D eigenvalue weighted by Crippen LogP contribution is -2.15. The Morgan fingerprint density at radius 3 is 1.77 bits per heavy atom. The lowest BCUT2D eigenvalue weighted by atomic mass is 10.1. The van der Waals surface area contributed by atoms with Gasteiger partial charge in [0.25, 0.3) is 12.9 Å². The predicted octanol–water partition coefficient (Wildman–Crippen LogP) is 3.44. The zero-order valence-corrected chi connectivity index (χ0v) is 15.7. The van der Waals surface area contributed by atoms with Gasteiger partial charge >= 0.3 is 6.47 Å². The average Bonchev–Trinajstić information content (AvgIpc) is 2.64. The summed E-state index contributed by atoms with van der Waals surface area (Å²) < 4.78 is 19.4. The second-order valence-electron chi connectivity index (χ2n) is 6.12. The van der Waals surface area contributed by atoms with Crippen LogP contribution >= 0.6 is 0 Å². The molecule has 0 aromatic rings. The van der Waals surface area contributed by atoms with E-state index < -0.39 is 6.29 Å². The van der Waals surface area contributed by atoms with Crippen molar-refractivity contribution >= 4 is 19.4 Å². The Morgan fingerprint density at radius 2 is 1.23 bits per heavy atom. The number of unbranched alkanes of at least 4 members (excludes halogenated alkanes) is 9. The van der Waals surface area contributed by atoms with E-state index in [1.165, 1.54) is 25.7 Å². The lowest BCUT2D eigenvalue weighted by molar-refractivity contribution is -0.150. The number of ether oxygens (including phenoxy) is 4. The Bertz CT molecular complexity index is 313. The van der Waals surface area contributed by atoms with Crippen LogP contribution in [-0.2, 0) is 33.3 Å². The van der Waals surface area contributed by atoms with Crippen LogP contribution in [0.1, 0.15) is 77.0 Å². The van der Waals surface area contributed by atoms with Crippen LogP contribution < -0.4 is 0 Å². The molecule has 0 rings (SSSR count). The van der Waals surface area contributed by atoms with E-state index in [2.05, 4.69) is 14.2 Å². The van der Waals surface area contributed by atoms with Gasteiger partial charge < -0.3 is 18.9 Å². The number of carbonyl (C=O) groups is 2. The number of hydrogen-bond acceptors (Lipinski definition) is 7. The maximum absolute atomic E-state index is 10.2. The summed E-state index contributed by atoms with van der Waals surface area (Å²) in [5, 5.41) is 0. The molecule has 0 aliphatic heterocycles. The highest BCUT2D eigenvalue weighted by molar-refractivity contribution is 5.40. The second-order valence-corrected chi connectivity index (χ2v) is 6.12. The third-order valence-electron chi connectivity index (χ3n) is 3.98. The summed E-state index contributed by atoms with van der Waals surface area (Å²) in [5.74, 6) is 0. The molecule has 0 aliphatic carbocycles. The van der Waals surface area contributed by atoms with Crippen LogP contribution in [-0.4, -0.2) is 45.5 Å². The SMILES string of the molecule is O=[C]OC(CCCCCCCOCCCCCCCCOC=O)OC=O. The van der Waals surface area contributed by atoms with Crippen LogP contribution in [0.3, 0.4) is 0 Å². The van der Waals surface area contributed by atoms with Crippen molar-refractivity contribution in [2.24, 2.45) is 0 Å². The molecule has 0 aromatic heterocycles. The first-order chi connectivity index (χ1) is 12.8. The molecule has 7 nitrogen and oxygen atoms in total. The third-order valence-corrected chi connectivity index (χ3v) is 3.98. The molecule has 0 aromatic carbocycles. The summed E-state index contributed by atoms with van der Waals surface area (Å²) in [6.45, 7) is 4.22. The van der Waals surface area contributed by atoms with Crippen LogP contribution in [0.4, 0.5) is 0 Å². The van der Waals surface area contributed by atoms with Crippen LogP contribution in [0.2, 0.25) is 0 Å². The van der Waals surface area contributed by atoms with E-state index >= 15 is 0 Å². The zero-order valence-electron chi connectivity index (χ0n) is 15.7. The van der Waals surface area contributed by atoms with Gasteiger partial charge in [0.1, 0.15) is 0 Å². The molecule has 0 amide bonds. The summed E-state index contributed by atoms with van der Waals surface area (Å²) in [5.41, 5.74) is 0. The summed E-state index contributed by atoms with van der Waals surface area (Å²) in [6.07, 6.45) is 11.5. The smallest absolute Gasteiger partial charge is 0.420 e. The number of rotatable bonds is 22. The molecule has 0 saturated carbocycles. The Kier molecular flexibility index (Phi) is 20.1. The Hall–Kier alpha value is -1.63. The minimum Gasteiger partial charge on any atom is -0.468 e. The highest BCUT2D eigenvalue weighted by Gasteiger charge is 2.09. The molecule has 0 spiro atoms. The minimum absolute atomic E-state index is 0.282. The molecule has 26 heavy (non-hydrogen) atoms. The van der Waals surface area contributed by atoms with Gasteiger partial charge in [0.05, 0.1) is 6.61 Å². The Morgan fingerprint density at radius 1 is 0.692 bits per heavy atom. The molecule has 0 N–H and O–H groups in total. The van der Waals surface area contributed by atoms with Gasteiger partial charge in [0, 0.05) is 19.6 Å². The van der Waals surface area contributed by atoms with Gasteiger partial charge in [-0.25, -0.2) is 4.79 Å². The second kappa shape index (κ2) is 21.4. The maximum Gasteiger partial charge on any atom is 0.420 e. The molecule has 0 saturated heterocycles. The van der Waals surface area contributed by atoms with Gasteiger partial charge in [-0.05, 0) is 25.7 Å². The molecule has 0 fully saturated rings. The van der Waals surface area contributed by atoms with E-state index in [4.69, 9.17) is 4.74 Å². The van der Waals surface area contributed by atoms with Crippen molar-refractivity contribution < 1.29 is 33.3 Å². The lowest BCUT2D eigenvalue weighted by Gasteiger charge is -2.11. The van der Waals surface area contributed by atoms with Gasteiger partial charge in [-0.1, -0.05) is 44.9 Å². The van der Waals surface area contributed by atoms with Gasteiger partial charge in [-0.15, -0.1) is 0 Å². The minimum atomic E-state index is -0.807. The van der Waals surface area contributed by atoms with Gasteiger partial charge in [0.15, 0.2) is 0 Å². The van der Waals surface area contributed by atoms with Crippen molar-refractivity contribution in [3.63, 3.8) is 0 Å². The van der Waals surface area contributed by atoms with Crippen molar-refractivity contribution in [3.8, 4) is 0 Å². The maximum atomic E-state index is 10.2. The van der Waals surface area contributed by atoms with E-state index in [9.17, 15) is 14.4 Å². The van der Waals surface area contributed by atoms with E-state index in [0.717, 1.165) is 64.6 Å². The monoisotopic (exact) mass is 373 g/mol. The summed E-state index contributed by atoms with van der Waals surface area (Å²) in [4.78, 5) is 30.3. The molecule has 0 bridgehead atoms. The standard InChI is InChI=1S/C19H33O7/c20-16-24-15-11-6-2-1-5-9-13-23-14-10-7-3-4-8-12-19(25-17-21)26-18-22/h16-17,19H,1-15H2. The fraction of sp³-hybridized carbons (Fsp3) is 0.842. The summed E-state index contributed by atoms with van der Waals surface area (Å²) in [7, 11) is 0. The van der Waals surface area contributed by atoms with Crippen LogP contribution in [0.25, 0.3) is 0 Å². The largest absolute Gasteiger partial charge is 0.468 e. The van der Waals surface area contributed by atoms with Crippen molar-refractivity contribution in [1.29, 1.82) is 0 Å². The molecule has 0 heterocycles. The molecule has 151 valence electrons. The van der Waals surface area contributed by atoms with Crippen LogP contribution in [0.15, 0.2) is 0 Å². The Labute approximate surface area is 156 Å². The first kappa shape index (κ1) is 24.4. The quantitative estimate of drug-likeness (QED) is 0.163. The van der Waals surface area contributed by atoms with Crippen molar-refractivity contribution in [3.05, 3.63) is 0 Å². The highest BCUT2D eigenvalue weighted by Crippen LogP contribution is 2.10. The van der Waals surface area contributed by atoms with Gasteiger partial charge in [-0.2, -0.15) is 0 Å². The summed E-state index contributed by atoms with van der Waals surface area (Å²) >= 11 is 0. The normalized spacial score (nSPS) is 10.5. The molecule has 1 radical (unpaired) electrons. The van der Waals surface area contributed by atoms with Crippen LogP contribution in [0.5, 0.6) is 0 Å². The topological polar surface area (TPSA) is 88.1 Å². The predicted molar refractivity (Wildman–Crippen MR) is 96.0 cm³/mol. The van der Waals surface area contributed by atoms with E-state index in [1.54, 1.807) is 0 Å². The molecular formula is C19H33O7. The molecule has 1 unspecified atom stereocenters. The first-order valence-corrected chi connectivity index (χ1v) is 9.60. The fourth-order valence-electron chi connectivity index (χ4n) is 2.56. The molecule has 0 aliphatic rings. The van der Waals surface area contributed by atoms with E-state index in [0.29, 0.717) is 19.5 Å². The van der Waals surface area contributed by atoms with Crippen LogP contribution in [0, 0.1) is 0 Å². The molecule has 7 heteroatoms. The number of carbonyl (C=O) groups excluding carboxylic acids is 3. The van der Waals surface area contributed by atoms with E-state index in [1.807, 2.05) is 0 Å². The van der Waals surface area contributed by atoms with Crippen molar-refractivity contribution in [2.75, 3.05) is 19.8 Å². The van der Waals surface area contributed by atoms with Gasteiger partial charge in [0.2, 0.25) is 6.29 Å².